The number of hydrogen-bond acceptors (Lipinski definition) is 3. The van der Waals surface area contributed by atoms with Gasteiger partial charge in [0.05, 0.1) is 5.69 Å². The van der Waals surface area contributed by atoms with Crippen LogP contribution in [0.2, 0.25) is 0 Å². The van der Waals surface area contributed by atoms with E-state index in [1.807, 2.05) is 60.7 Å². The molecule has 0 spiro atoms. The van der Waals surface area contributed by atoms with Crippen LogP contribution in [0.4, 0.5) is 5.95 Å². The number of aromatic nitrogens is 2. The Morgan fingerprint density at radius 2 is 1.48 bits per heavy atom. The standard InChI is InChI=1S/C23H27N3O/c1-3-15-25(16-4-2)23-24-18-20(17-19-11-7-5-8-12-19)22(27)26(23)21-13-9-6-10-14-21/h5-14,18H,3-4,15-17H2,1-2H3. The maximum Gasteiger partial charge on any atom is 0.263 e. The van der Waals surface area contributed by atoms with E-state index in [1.54, 1.807) is 10.8 Å². The molecule has 27 heavy (non-hydrogen) atoms. The van der Waals surface area contributed by atoms with Crippen molar-refractivity contribution in [1.82, 2.24) is 9.55 Å². The van der Waals surface area contributed by atoms with Crippen LogP contribution in [0.25, 0.3) is 5.69 Å². The first-order valence-electron chi connectivity index (χ1n) is 9.69. The Bertz CT molecular complexity index is 898. The van der Waals surface area contributed by atoms with Gasteiger partial charge in [0.25, 0.3) is 5.56 Å². The fourth-order valence-electron chi connectivity index (χ4n) is 3.30. The highest BCUT2D eigenvalue weighted by molar-refractivity contribution is 5.44. The molecule has 0 aliphatic rings. The maximum atomic E-state index is 13.4. The van der Waals surface area contributed by atoms with E-state index in [0.717, 1.165) is 43.1 Å². The van der Waals surface area contributed by atoms with Gasteiger partial charge in [0, 0.05) is 31.3 Å². The lowest BCUT2D eigenvalue weighted by Gasteiger charge is -2.26. The minimum Gasteiger partial charge on any atom is -0.342 e. The van der Waals surface area contributed by atoms with Crippen molar-refractivity contribution in [2.24, 2.45) is 0 Å². The molecule has 0 unspecified atom stereocenters. The molecule has 1 aromatic heterocycles. The number of hydrogen-bond donors (Lipinski definition) is 0. The summed E-state index contributed by atoms with van der Waals surface area (Å²) in [6, 6.07) is 19.9. The minimum atomic E-state index is 0.00672. The second kappa shape index (κ2) is 9.17. The first-order valence-corrected chi connectivity index (χ1v) is 9.69. The molecule has 0 N–H and O–H groups in total. The number of benzene rings is 2. The van der Waals surface area contributed by atoms with Gasteiger partial charge in [-0.15, -0.1) is 0 Å². The van der Waals surface area contributed by atoms with Crippen LogP contribution >= 0.6 is 0 Å². The van der Waals surface area contributed by atoms with Crippen LogP contribution < -0.4 is 10.5 Å². The Morgan fingerprint density at radius 1 is 0.889 bits per heavy atom. The van der Waals surface area contributed by atoms with Gasteiger partial charge in [0.2, 0.25) is 5.95 Å². The first-order chi connectivity index (χ1) is 13.2. The Hall–Kier alpha value is -2.88. The lowest BCUT2D eigenvalue weighted by molar-refractivity contribution is 0.698. The second-order valence-corrected chi connectivity index (χ2v) is 6.71. The van der Waals surface area contributed by atoms with Crippen molar-refractivity contribution in [3.8, 4) is 5.69 Å². The molecule has 3 rings (SSSR count). The van der Waals surface area contributed by atoms with Gasteiger partial charge in [-0.2, -0.15) is 0 Å². The molecule has 140 valence electrons. The smallest absolute Gasteiger partial charge is 0.263 e. The van der Waals surface area contributed by atoms with Crippen LogP contribution in [0.3, 0.4) is 0 Å². The van der Waals surface area contributed by atoms with Crippen LogP contribution in [-0.2, 0) is 6.42 Å². The predicted octanol–water partition coefficient (Wildman–Crippen LogP) is 4.45. The van der Waals surface area contributed by atoms with E-state index in [9.17, 15) is 4.79 Å². The van der Waals surface area contributed by atoms with Crippen LogP contribution in [0.1, 0.15) is 37.8 Å². The number of rotatable bonds is 8. The van der Waals surface area contributed by atoms with Crippen molar-refractivity contribution < 1.29 is 0 Å². The molecular formula is C23H27N3O. The zero-order valence-electron chi connectivity index (χ0n) is 16.1. The molecule has 1 heterocycles. The summed E-state index contributed by atoms with van der Waals surface area (Å²) in [5, 5.41) is 0. The normalized spacial score (nSPS) is 10.7. The molecule has 3 aromatic rings. The summed E-state index contributed by atoms with van der Waals surface area (Å²) >= 11 is 0. The highest BCUT2D eigenvalue weighted by Gasteiger charge is 2.17. The second-order valence-electron chi connectivity index (χ2n) is 6.71. The Kier molecular flexibility index (Phi) is 6.42. The summed E-state index contributed by atoms with van der Waals surface area (Å²) in [7, 11) is 0. The molecule has 0 bridgehead atoms. The SMILES string of the molecule is CCCN(CCC)c1ncc(Cc2ccccc2)c(=O)n1-c1ccccc1. The van der Waals surface area contributed by atoms with Crippen molar-refractivity contribution in [1.29, 1.82) is 0 Å². The molecule has 2 aromatic carbocycles. The van der Waals surface area contributed by atoms with Crippen molar-refractivity contribution >= 4 is 5.95 Å². The molecule has 0 aliphatic heterocycles. The fourth-order valence-corrected chi connectivity index (χ4v) is 3.30. The summed E-state index contributed by atoms with van der Waals surface area (Å²) in [6.45, 7) is 6.06. The first kappa shape index (κ1) is 18.9. The summed E-state index contributed by atoms with van der Waals surface area (Å²) in [6.07, 6.45) is 4.36. The molecule has 0 aliphatic carbocycles. The Morgan fingerprint density at radius 3 is 2.07 bits per heavy atom. The van der Waals surface area contributed by atoms with Crippen LogP contribution in [0, 0.1) is 0 Å². The van der Waals surface area contributed by atoms with E-state index in [0.29, 0.717) is 12.0 Å². The zero-order valence-corrected chi connectivity index (χ0v) is 16.1. The summed E-state index contributed by atoms with van der Waals surface area (Å²) in [5.41, 5.74) is 2.69. The van der Waals surface area contributed by atoms with Gasteiger partial charge in [0.1, 0.15) is 0 Å². The minimum absolute atomic E-state index is 0.00672. The van der Waals surface area contributed by atoms with Gasteiger partial charge >= 0.3 is 0 Å². The van der Waals surface area contributed by atoms with E-state index >= 15 is 0 Å². The summed E-state index contributed by atoms with van der Waals surface area (Å²) < 4.78 is 1.77. The van der Waals surface area contributed by atoms with Crippen molar-refractivity contribution in [3.63, 3.8) is 0 Å². The van der Waals surface area contributed by atoms with Gasteiger partial charge in [-0.1, -0.05) is 62.4 Å². The van der Waals surface area contributed by atoms with Crippen LogP contribution in [0.15, 0.2) is 71.7 Å². The van der Waals surface area contributed by atoms with Crippen LogP contribution in [0.5, 0.6) is 0 Å². The predicted molar refractivity (Wildman–Crippen MR) is 112 cm³/mol. The Labute approximate surface area is 161 Å². The number of para-hydroxylation sites is 1. The van der Waals surface area contributed by atoms with E-state index in [2.05, 4.69) is 18.7 Å². The monoisotopic (exact) mass is 361 g/mol. The summed E-state index contributed by atoms with van der Waals surface area (Å²) in [5.74, 6) is 0.728. The zero-order chi connectivity index (χ0) is 19.1. The van der Waals surface area contributed by atoms with E-state index in [1.165, 1.54) is 0 Å². The van der Waals surface area contributed by atoms with Gasteiger partial charge < -0.3 is 4.90 Å². The van der Waals surface area contributed by atoms with Gasteiger partial charge in [-0.3, -0.25) is 4.79 Å². The molecule has 0 saturated carbocycles. The quantitative estimate of drug-likeness (QED) is 0.595. The molecule has 0 atom stereocenters. The topological polar surface area (TPSA) is 38.1 Å². The Balaban J connectivity index is 2.11. The van der Waals surface area contributed by atoms with Crippen molar-refractivity contribution in [2.45, 2.75) is 33.1 Å². The van der Waals surface area contributed by atoms with Crippen LogP contribution in [-0.4, -0.2) is 22.6 Å². The van der Waals surface area contributed by atoms with Gasteiger partial charge in [-0.25, -0.2) is 9.55 Å². The molecule has 4 heteroatoms. The van der Waals surface area contributed by atoms with Gasteiger partial charge in [0.15, 0.2) is 0 Å². The molecule has 0 saturated heterocycles. The largest absolute Gasteiger partial charge is 0.342 e. The lowest BCUT2D eigenvalue weighted by atomic mass is 10.1. The highest BCUT2D eigenvalue weighted by atomic mass is 16.1. The average Bonchev–Trinajstić information content (AvgIpc) is 2.71. The lowest BCUT2D eigenvalue weighted by Crippen LogP contribution is -2.34. The van der Waals surface area contributed by atoms with Gasteiger partial charge in [-0.05, 0) is 30.5 Å². The third kappa shape index (κ3) is 4.45. The molecular weight excluding hydrogens is 334 g/mol. The molecule has 0 radical (unpaired) electrons. The van der Waals surface area contributed by atoms with E-state index in [4.69, 9.17) is 4.98 Å². The molecule has 0 fully saturated rings. The third-order valence-corrected chi connectivity index (χ3v) is 4.54. The molecule has 0 amide bonds. The fraction of sp³-hybridized carbons (Fsp3) is 0.304. The van der Waals surface area contributed by atoms with E-state index in [-0.39, 0.29) is 5.56 Å². The third-order valence-electron chi connectivity index (χ3n) is 4.54. The number of anilines is 1. The number of nitrogens with zero attached hydrogens (tertiary/aromatic N) is 3. The summed E-state index contributed by atoms with van der Waals surface area (Å²) in [4.78, 5) is 20.4. The van der Waals surface area contributed by atoms with E-state index < -0.39 is 0 Å². The average molecular weight is 361 g/mol. The van der Waals surface area contributed by atoms with Crippen molar-refractivity contribution in [3.05, 3.63) is 88.3 Å². The van der Waals surface area contributed by atoms with Crippen molar-refractivity contribution in [2.75, 3.05) is 18.0 Å². The highest BCUT2D eigenvalue weighted by Crippen LogP contribution is 2.17. The molecule has 4 nitrogen and oxygen atoms in total. The maximum absolute atomic E-state index is 13.4.